The number of hydrogen-bond donors (Lipinski definition) is 1. The van der Waals surface area contributed by atoms with Gasteiger partial charge in [0.2, 0.25) is 7.28 Å². The Bertz CT molecular complexity index is 2800. The maximum atomic E-state index is 7.07. The van der Waals surface area contributed by atoms with Gasteiger partial charge in [0.15, 0.2) is 0 Å². The first kappa shape index (κ1) is 33.4. The highest BCUT2D eigenvalue weighted by atomic mass is 16.3. The van der Waals surface area contributed by atoms with Gasteiger partial charge in [0, 0.05) is 38.6 Å². The van der Waals surface area contributed by atoms with Crippen LogP contribution < -0.4 is 16.4 Å². The minimum atomic E-state index is 0.107. The van der Waals surface area contributed by atoms with Crippen LogP contribution in [0.3, 0.4) is 0 Å². The average molecular weight is 705 g/mol. The third kappa shape index (κ3) is 5.02. The summed E-state index contributed by atoms with van der Waals surface area (Å²) >= 11 is 0. The van der Waals surface area contributed by atoms with Crippen LogP contribution in [0.1, 0.15) is 89.0 Å². The van der Waals surface area contributed by atoms with Crippen molar-refractivity contribution in [3.05, 3.63) is 125 Å². The molecule has 1 aliphatic heterocycles. The van der Waals surface area contributed by atoms with E-state index in [0.29, 0.717) is 0 Å². The summed E-state index contributed by atoms with van der Waals surface area (Å²) in [6.45, 7) is 14.2. The van der Waals surface area contributed by atoms with E-state index in [-0.39, 0.29) is 10.8 Å². The number of aromatic nitrogens is 1. The summed E-state index contributed by atoms with van der Waals surface area (Å²) < 4.78 is 9.65. The molecule has 268 valence electrons. The van der Waals surface area contributed by atoms with Crippen molar-refractivity contribution in [3.63, 3.8) is 0 Å². The van der Waals surface area contributed by atoms with Crippen molar-refractivity contribution in [2.24, 2.45) is 0 Å². The number of unbranched alkanes of at least 4 members (excludes halogenated alkanes) is 2. The molecule has 0 fully saturated rings. The monoisotopic (exact) mass is 704 g/mol. The zero-order valence-corrected chi connectivity index (χ0v) is 32.6. The molecule has 0 unspecified atom stereocenters. The molecule has 3 nitrogen and oxygen atoms in total. The number of furan rings is 1. The first-order valence-corrected chi connectivity index (χ1v) is 20.2. The number of aryl methyl sites for hydroxylation is 2. The Morgan fingerprint density at radius 3 is 2.28 bits per heavy atom. The summed E-state index contributed by atoms with van der Waals surface area (Å²) in [7, 11) is 0.739. The molecule has 1 aliphatic carbocycles. The van der Waals surface area contributed by atoms with E-state index >= 15 is 0 Å². The summed E-state index contributed by atoms with van der Waals surface area (Å²) in [5.74, 6) is 0. The third-order valence-corrected chi connectivity index (χ3v) is 13.0. The van der Waals surface area contributed by atoms with Crippen molar-refractivity contribution >= 4 is 73.3 Å². The van der Waals surface area contributed by atoms with Gasteiger partial charge in [-0.2, -0.15) is 0 Å². The number of fused-ring (bicyclic) bond motifs is 10. The average Bonchev–Trinajstić information content (AvgIpc) is 3.72. The molecule has 2 aromatic heterocycles. The maximum absolute atomic E-state index is 7.07. The number of nitrogens with zero attached hydrogens (tertiary/aromatic N) is 1. The van der Waals surface area contributed by atoms with Crippen molar-refractivity contribution in [1.29, 1.82) is 0 Å². The van der Waals surface area contributed by atoms with Gasteiger partial charge in [0.1, 0.15) is 5.58 Å². The van der Waals surface area contributed by atoms with Crippen LogP contribution in [-0.4, -0.2) is 11.8 Å². The van der Waals surface area contributed by atoms with Gasteiger partial charge >= 0.3 is 0 Å². The van der Waals surface area contributed by atoms with E-state index in [0.717, 1.165) is 36.3 Å². The number of nitrogens with one attached hydrogen (secondary N) is 1. The van der Waals surface area contributed by atoms with E-state index in [4.69, 9.17) is 4.42 Å². The van der Waals surface area contributed by atoms with Crippen LogP contribution in [0.5, 0.6) is 0 Å². The quantitative estimate of drug-likeness (QED) is 0.132. The van der Waals surface area contributed by atoms with E-state index in [2.05, 4.69) is 155 Å². The fourth-order valence-corrected chi connectivity index (χ4v) is 9.92. The van der Waals surface area contributed by atoms with Crippen molar-refractivity contribution in [3.8, 4) is 16.8 Å². The summed E-state index contributed by atoms with van der Waals surface area (Å²) in [4.78, 5) is 0. The maximum Gasteiger partial charge on any atom is 0.244 e. The number of rotatable bonds is 7. The molecular weight excluding hydrogens is 655 g/mol. The smallest absolute Gasteiger partial charge is 0.244 e. The minimum absolute atomic E-state index is 0.107. The molecule has 0 saturated carbocycles. The number of para-hydroxylation sites is 1. The molecule has 10 rings (SSSR count). The molecule has 0 bridgehead atoms. The number of anilines is 2. The highest BCUT2D eigenvalue weighted by molar-refractivity contribution is 6.73. The Labute approximate surface area is 319 Å². The van der Waals surface area contributed by atoms with Gasteiger partial charge in [-0.25, -0.2) is 0 Å². The van der Waals surface area contributed by atoms with Crippen LogP contribution in [0.2, 0.25) is 0 Å². The van der Waals surface area contributed by atoms with Gasteiger partial charge < -0.3 is 14.3 Å². The second kappa shape index (κ2) is 12.1. The molecule has 0 radical (unpaired) electrons. The van der Waals surface area contributed by atoms with E-state index < -0.39 is 0 Å². The van der Waals surface area contributed by atoms with Gasteiger partial charge in [-0.3, -0.25) is 0 Å². The molecule has 0 saturated heterocycles. The second-order valence-corrected chi connectivity index (χ2v) is 17.5. The molecule has 6 aromatic carbocycles. The lowest BCUT2D eigenvalue weighted by molar-refractivity contribution is 0.332. The lowest BCUT2D eigenvalue weighted by Crippen LogP contribution is -2.36. The van der Waals surface area contributed by atoms with Gasteiger partial charge in [0.05, 0.1) is 16.9 Å². The van der Waals surface area contributed by atoms with E-state index in [1.807, 2.05) is 0 Å². The number of hydrogen-bond acceptors (Lipinski definition) is 2. The van der Waals surface area contributed by atoms with Crippen LogP contribution in [0.4, 0.5) is 11.4 Å². The standard InChI is InChI=1S/C50H49BN2O/c1-7-8-9-14-31-19-22-33(23-20-31)52-40-18-13-12-17-35(40)36-27-30(2)43-44-34-16-11-10-15-32(34)21-24-41(44)53-46-37-28-38-39(50(5,6)26-25-49(38,3)4)29-42(37)54-48(46)51-45(36)47(43)53/h10-13,15-24,27-29,51-52H,7-9,14,25-26H2,1-6H3. The predicted octanol–water partition coefficient (Wildman–Crippen LogP) is 12.2. The van der Waals surface area contributed by atoms with E-state index in [1.165, 1.54) is 115 Å². The van der Waals surface area contributed by atoms with Crippen LogP contribution >= 0.6 is 0 Å². The van der Waals surface area contributed by atoms with Crippen LogP contribution in [0, 0.1) is 6.92 Å². The van der Waals surface area contributed by atoms with Crippen LogP contribution in [0.25, 0.3) is 60.4 Å². The second-order valence-electron chi connectivity index (χ2n) is 17.5. The zero-order valence-electron chi connectivity index (χ0n) is 32.6. The molecule has 54 heavy (non-hydrogen) atoms. The fraction of sp³-hybridized carbons (Fsp3) is 0.280. The Morgan fingerprint density at radius 1 is 0.741 bits per heavy atom. The van der Waals surface area contributed by atoms with Gasteiger partial charge in [-0.05, 0) is 124 Å². The first-order valence-electron chi connectivity index (χ1n) is 20.2. The van der Waals surface area contributed by atoms with Crippen molar-refractivity contribution in [1.82, 2.24) is 4.57 Å². The van der Waals surface area contributed by atoms with E-state index in [9.17, 15) is 0 Å². The minimum Gasteiger partial charge on any atom is -0.469 e. The van der Waals surface area contributed by atoms with E-state index in [1.54, 1.807) is 0 Å². The molecule has 0 atom stereocenters. The van der Waals surface area contributed by atoms with Gasteiger partial charge in [-0.15, -0.1) is 0 Å². The molecule has 0 amide bonds. The summed E-state index contributed by atoms with van der Waals surface area (Å²) in [5, 5.41) is 10.3. The van der Waals surface area contributed by atoms with Gasteiger partial charge in [0.25, 0.3) is 0 Å². The van der Waals surface area contributed by atoms with Crippen molar-refractivity contribution < 1.29 is 4.42 Å². The van der Waals surface area contributed by atoms with Crippen LogP contribution in [0.15, 0.2) is 108 Å². The highest BCUT2D eigenvalue weighted by Gasteiger charge is 2.39. The molecule has 4 heteroatoms. The first-order chi connectivity index (χ1) is 26.1. The Kier molecular flexibility index (Phi) is 7.51. The topological polar surface area (TPSA) is 30.1 Å². The molecule has 3 heterocycles. The zero-order chi connectivity index (χ0) is 36.9. The summed E-state index contributed by atoms with van der Waals surface area (Å²) in [6.07, 6.45) is 7.27. The van der Waals surface area contributed by atoms with Crippen LogP contribution in [-0.2, 0) is 17.3 Å². The molecule has 2 aliphatic rings. The molecule has 1 N–H and O–H groups in total. The fourth-order valence-electron chi connectivity index (χ4n) is 9.92. The van der Waals surface area contributed by atoms with Crippen molar-refractivity contribution in [2.45, 2.75) is 90.9 Å². The summed E-state index contributed by atoms with van der Waals surface area (Å²) in [5.41, 5.74) is 17.7. The Morgan fingerprint density at radius 2 is 1.48 bits per heavy atom. The lowest BCUT2D eigenvalue weighted by Gasteiger charge is -2.41. The lowest BCUT2D eigenvalue weighted by atomic mass is 9.61. The van der Waals surface area contributed by atoms with Crippen molar-refractivity contribution in [2.75, 3.05) is 5.32 Å². The molecule has 0 spiro atoms. The van der Waals surface area contributed by atoms with Gasteiger partial charge in [-0.1, -0.05) is 114 Å². The Hall–Kier alpha value is -5.22. The highest BCUT2D eigenvalue weighted by Crippen LogP contribution is 2.49. The Balaban J connectivity index is 1.22. The SMILES string of the molecule is CCCCCc1ccc(Nc2ccccc2-c2cc(C)c3c4c5ccccc5ccc4n4c3c2Bc2oc3cc5c(cc3c2-4)C(C)(C)CCC5(C)C)cc1. The molecule has 8 aromatic rings. The third-order valence-electron chi connectivity index (χ3n) is 13.0. The largest absolute Gasteiger partial charge is 0.469 e. The number of benzene rings is 6. The predicted molar refractivity (Wildman–Crippen MR) is 233 cm³/mol. The molecular formula is C50H49BN2O. The summed E-state index contributed by atoms with van der Waals surface area (Å²) in [6, 6.07) is 38.8. The normalized spacial score (nSPS) is 15.4.